The van der Waals surface area contributed by atoms with Crippen LogP contribution in [0.15, 0.2) is 18.3 Å². The van der Waals surface area contributed by atoms with Crippen LogP contribution in [0.1, 0.15) is 13.8 Å². The molecule has 0 saturated carbocycles. The molecule has 0 saturated heterocycles. The van der Waals surface area contributed by atoms with Crippen molar-refractivity contribution in [3.8, 4) is 5.88 Å². The number of anilines is 1. The van der Waals surface area contributed by atoms with Crippen molar-refractivity contribution >= 4 is 5.69 Å². The molecule has 0 aliphatic heterocycles. The molecule has 0 radical (unpaired) electrons. The van der Waals surface area contributed by atoms with Gasteiger partial charge < -0.3 is 10.1 Å². The number of hydrogen-bond acceptors (Lipinski definition) is 3. The molecule has 0 bridgehead atoms. The van der Waals surface area contributed by atoms with Crippen molar-refractivity contribution in [3.05, 3.63) is 18.3 Å². The summed E-state index contributed by atoms with van der Waals surface area (Å²) in [7, 11) is 3.43. The summed E-state index contributed by atoms with van der Waals surface area (Å²) in [4.78, 5) is 3.98. The number of rotatable bonds is 2. The Morgan fingerprint density at radius 2 is 2.08 bits per heavy atom. The van der Waals surface area contributed by atoms with Crippen molar-refractivity contribution in [2.45, 2.75) is 13.8 Å². The molecule has 1 rings (SSSR count). The predicted octanol–water partition coefficient (Wildman–Crippen LogP) is 2.16. The average Bonchev–Trinajstić information content (AvgIpc) is 2.20. The lowest BCUT2D eigenvalue weighted by atomic mass is 10.4. The van der Waals surface area contributed by atoms with Crippen molar-refractivity contribution in [1.82, 2.24) is 4.98 Å². The van der Waals surface area contributed by atoms with Gasteiger partial charge in [0.05, 0.1) is 12.8 Å². The molecule has 0 aliphatic carbocycles. The first-order chi connectivity index (χ1) is 5.88. The van der Waals surface area contributed by atoms with E-state index in [1.54, 1.807) is 13.3 Å². The molecule has 1 aromatic rings. The maximum absolute atomic E-state index is 4.96. The molecule has 0 aliphatic rings. The zero-order valence-electron chi connectivity index (χ0n) is 8.09. The summed E-state index contributed by atoms with van der Waals surface area (Å²) in [5, 5.41) is 2.96. The summed E-state index contributed by atoms with van der Waals surface area (Å²) in [5.74, 6) is 0.630. The second kappa shape index (κ2) is 6.46. The van der Waals surface area contributed by atoms with E-state index < -0.39 is 0 Å². The van der Waals surface area contributed by atoms with E-state index in [0.29, 0.717) is 5.88 Å². The van der Waals surface area contributed by atoms with E-state index in [0.717, 1.165) is 5.69 Å². The third kappa shape index (κ3) is 2.78. The van der Waals surface area contributed by atoms with Crippen LogP contribution in [0.25, 0.3) is 0 Å². The quantitative estimate of drug-likeness (QED) is 0.734. The molecule has 3 nitrogen and oxygen atoms in total. The van der Waals surface area contributed by atoms with Gasteiger partial charge in [-0.2, -0.15) is 0 Å². The lowest BCUT2D eigenvalue weighted by Gasteiger charge is -2.03. The van der Waals surface area contributed by atoms with Crippen molar-refractivity contribution in [3.63, 3.8) is 0 Å². The smallest absolute Gasteiger partial charge is 0.237 e. The summed E-state index contributed by atoms with van der Waals surface area (Å²) in [6, 6.07) is 3.76. The molecule has 0 aromatic carbocycles. The first-order valence-corrected chi connectivity index (χ1v) is 4.05. The van der Waals surface area contributed by atoms with Gasteiger partial charge in [0.25, 0.3) is 0 Å². The Kier molecular flexibility index (Phi) is 5.79. The fourth-order valence-electron chi connectivity index (χ4n) is 0.744. The van der Waals surface area contributed by atoms with E-state index >= 15 is 0 Å². The van der Waals surface area contributed by atoms with E-state index in [1.165, 1.54) is 0 Å². The first kappa shape index (κ1) is 10.8. The number of hydrogen-bond donors (Lipinski definition) is 1. The van der Waals surface area contributed by atoms with E-state index in [9.17, 15) is 0 Å². The first-order valence-electron chi connectivity index (χ1n) is 4.05. The van der Waals surface area contributed by atoms with E-state index in [4.69, 9.17) is 4.74 Å². The van der Waals surface area contributed by atoms with Gasteiger partial charge in [0.1, 0.15) is 0 Å². The number of nitrogens with one attached hydrogen (secondary N) is 1. The second-order valence-corrected chi connectivity index (χ2v) is 1.81. The van der Waals surface area contributed by atoms with Gasteiger partial charge in [-0.25, -0.2) is 4.98 Å². The van der Waals surface area contributed by atoms with Gasteiger partial charge in [-0.15, -0.1) is 0 Å². The monoisotopic (exact) mass is 168 g/mol. The average molecular weight is 168 g/mol. The highest BCUT2D eigenvalue weighted by Gasteiger charge is 1.97. The number of methoxy groups -OCH3 is 1. The Balaban J connectivity index is 0.000000561. The van der Waals surface area contributed by atoms with Crippen LogP contribution in [-0.4, -0.2) is 19.1 Å². The van der Waals surface area contributed by atoms with Gasteiger partial charge in [-0.3, -0.25) is 0 Å². The highest BCUT2D eigenvalue weighted by Crippen LogP contribution is 2.17. The van der Waals surface area contributed by atoms with Crippen molar-refractivity contribution < 1.29 is 4.74 Å². The van der Waals surface area contributed by atoms with Crippen LogP contribution in [0, 0.1) is 0 Å². The van der Waals surface area contributed by atoms with E-state index in [1.807, 2.05) is 33.0 Å². The molecule has 12 heavy (non-hydrogen) atoms. The van der Waals surface area contributed by atoms with Gasteiger partial charge in [-0.1, -0.05) is 13.8 Å². The standard InChI is InChI=1S/C7H10N2O.C2H6/c1-8-6-4-3-5-9-7(6)10-2;1-2/h3-5,8H,1-2H3;1-2H3. The molecular weight excluding hydrogens is 152 g/mol. The highest BCUT2D eigenvalue weighted by atomic mass is 16.5. The zero-order valence-corrected chi connectivity index (χ0v) is 8.09. The summed E-state index contributed by atoms with van der Waals surface area (Å²) in [6.07, 6.45) is 1.69. The zero-order chi connectivity index (χ0) is 9.40. The molecule has 0 spiro atoms. The lowest BCUT2D eigenvalue weighted by molar-refractivity contribution is 0.400. The largest absolute Gasteiger partial charge is 0.480 e. The third-order valence-electron chi connectivity index (χ3n) is 1.23. The van der Waals surface area contributed by atoms with Gasteiger partial charge in [-0.05, 0) is 12.1 Å². The molecule has 1 heterocycles. The van der Waals surface area contributed by atoms with Crippen LogP contribution in [0.2, 0.25) is 0 Å². The van der Waals surface area contributed by atoms with E-state index in [2.05, 4.69) is 10.3 Å². The minimum atomic E-state index is 0.630. The fourth-order valence-corrected chi connectivity index (χ4v) is 0.744. The topological polar surface area (TPSA) is 34.2 Å². The van der Waals surface area contributed by atoms with Gasteiger partial charge in [0, 0.05) is 13.2 Å². The minimum absolute atomic E-state index is 0.630. The van der Waals surface area contributed by atoms with E-state index in [-0.39, 0.29) is 0 Å². The lowest BCUT2D eigenvalue weighted by Crippen LogP contribution is -1.94. The molecule has 0 unspecified atom stereocenters. The van der Waals surface area contributed by atoms with Crippen molar-refractivity contribution in [1.29, 1.82) is 0 Å². The summed E-state index contributed by atoms with van der Waals surface area (Å²) >= 11 is 0. The Hall–Kier alpha value is -1.25. The number of ether oxygens (including phenoxy) is 1. The highest BCUT2D eigenvalue weighted by molar-refractivity contribution is 5.51. The molecule has 0 atom stereocenters. The molecule has 68 valence electrons. The molecule has 0 amide bonds. The summed E-state index contributed by atoms with van der Waals surface area (Å²) in [5.41, 5.74) is 0.907. The molecule has 0 fully saturated rings. The molecule has 3 heteroatoms. The summed E-state index contributed by atoms with van der Waals surface area (Å²) < 4.78 is 4.96. The van der Waals surface area contributed by atoms with Crippen LogP contribution in [0.5, 0.6) is 5.88 Å². The van der Waals surface area contributed by atoms with Crippen LogP contribution in [0.4, 0.5) is 5.69 Å². The van der Waals surface area contributed by atoms with Crippen LogP contribution in [-0.2, 0) is 0 Å². The van der Waals surface area contributed by atoms with Crippen LogP contribution >= 0.6 is 0 Å². The normalized spacial score (nSPS) is 8.00. The third-order valence-corrected chi connectivity index (χ3v) is 1.23. The van der Waals surface area contributed by atoms with Gasteiger partial charge in [0.15, 0.2) is 0 Å². The second-order valence-electron chi connectivity index (χ2n) is 1.81. The molecule has 1 N–H and O–H groups in total. The SMILES string of the molecule is CC.CNc1cccnc1OC. The predicted molar refractivity (Wildman–Crippen MR) is 51.7 cm³/mol. The number of pyridine rings is 1. The number of aromatic nitrogens is 1. The molecular formula is C9H16N2O. The number of nitrogens with zero attached hydrogens (tertiary/aromatic N) is 1. The maximum atomic E-state index is 4.96. The fraction of sp³-hybridized carbons (Fsp3) is 0.444. The molecule has 1 aromatic heterocycles. The Labute approximate surface area is 73.8 Å². The van der Waals surface area contributed by atoms with Crippen molar-refractivity contribution in [2.24, 2.45) is 0 Å². The Morgan fingerprint density at radius 1 is 1.42 bits per heavy atom. The van der Waals surface area contributed by atoms with Crippen LogP contribution < -0.4 is 10.1 Å². The van der Waals surface area contributed by atoms with Gasteiger partial charge in [0.2, 0.25) is 5.88 Å². The van der Waals surface area contributed by atoms with Gasteiger partial charge >= 0.3 is 0 Å². The van der Waals surface area contributed by atoms with Crippen LogP contribution in [0.3, 0.4) is 0 Å². The maximum Gasteiger partial charge on any atom is 0.237 e. The minimum Gasteiger partial charge on any atom is -0.480 e. The Bertz CT molecular complexity index is 190. The Morgan fingerprint density at radius 3 is 2.50 bits per heavy atom. The van der Waals surface area contributed by atoms with Crippen molar-refractivity contribution in [2.75, 3.05) is 19.5 Å². The summed E-state index contributed by atoms with van der Waals surface area (Å²) in [6.45, 7) is 4.00.